The van der Waals surface area contributed by atoms with E-state index in [1.54, 1.807) is 15.8 Å². The number of carbonyl (C=O) groups excluding carboxylic acids is 1. The molecule has 3 rings (SSSR count). The standard InChI is InChI=1S/C17H20ClN3O2/c1-3-15-13(17(22)20(2)12-8-9-23-11-12)10-19-21(15)16-7-5-4-6-14(16)18/h4-7,10,12H,3,8-9,11H2,1-2H3/t12-/m1/s1. The largest absolute Gasteiger partial charge is 0.379 e. The van der Waals surface area contributed by atoms with Crippen LogP contribution in [0.25, 0.3) is 5.69 Å². The van der Waals surface area contributed by atoms with E-state index in [1.807, 2.05) is 38.2 Å². The Bertz CT molecular complexity index is 708. The number of aromatic nitrogens is 2. The summed E-state index contributed by atoms with van der Waals surface area (Å²) in [5, 5.41) is 5.01. The molecule has 6 heteroatoms. The molecule has 5 nitrogen and oxygen atoms in total. The number of halogens is 1. The summed E-state index contributed by atoms with van der Waals surface area (Å²) >= 11 is 6.27. The Morgan fingerprint density at radius 2 is 2.26 bits per heavy atom. The molecule has 0 spiro atoms. The fourth-order valence-corrected chi connectivity index (χ4v) is 3.12. The maximum atomic E-state index is 12.8. The number of hydrogen-bond acceptors (Lipinski definition) is 3. The Morgan fingerprint density at radius 1 is 1.48 bits per heavy atom. The van der Waals surface area contributed by atoms with Gasteiger partial charge >= 0.3 is 0 Å². The van der Waals surface area contributed by atoms with Crippen molar-refractivity contribution in [2.24, 2.45) is 0 Å². The van der Waals surface area contributed by atoms with Crippen molar-refractivity contribution in [1.82, 2.24) is 14.7 Å². The minimum absolute atomic E-state index is 0.0179. The molecule has 0 bridgehead atoms. The number of benzene rings is 1. The van der Waals surface area contributed by atoms with Gasteiger partial charge in [0.2, 0.25) is 0 Å². The normalized spacial score (nSPS) is 17.4. The van der Waals surface area contributed by atoms with Gasteiger partial charge in [0.1, 0.15) is 0 Å². The summed E-state index contributed by atoms with van der Waals surface area (Å²) < 4.78 is 7.14. The van der Waals surface area contributed by atoms with E-state index >= 15 is 0 Å². The lowest BCUT2D eigenvalue weighted by Crippen LogP contribution is -2.37. The first-order valence-corrected chi connectivity index (χ1v) is 8.18. The number of ether oxygens (including phenoxy) is 1. The zero-order chi connectivity index (χ0) is 16.4. The molecule has 1 aliphatic heterocycles. The van der Waals surface area contributed by atoms with Gasteiger partial charge in [-0.3, -0.25) is 4.79 Å². The molecule has 1 aliphatic rings. The molecule has 0 saturated carbocycles. The first-order valence-electron chi connectivity index (χ1n) is 7.80. The lowest BCUT2D eigenvalue weighted by molar-refractivity contribution is 0.0710. The average molecular weight is 334 g/mol. The van der Waals surface area contributed by atoms with Gasteiger partial charge in [-0.15, -0.1) is 0 Å². The lowest BCUT2D eigenvalue weighted by atomic mass is 10.1. The predicted octanol–water partition coefficient (Wildman–Crippen LogP) is 2.95. The van der Waals surface area contributed by atoms with Crippen LogP contribution >= 0.6 is 11.6 Å². The van der Waals surface area contributed by atoms with Crippen molar-refractivity contribution in [2.45, 2.75) is 25.8 Å². The number of rotatable bonds is 4. The molecule has 0 aliphatic carbocycles. The topological polar surface area (TPSA) is 47.4 Å². The highest BCUT2D eigenvalue weighted by Crippen LogP contribution is 2.24. The Balaban J connectivity index is 1.95. The summed E-state index contributed by atoms with van der Waals surface area (Å²) in [6.45, 7) is 3.32. The van der Waals surface area contributed by atoms with Gasteiger partial charge in [0.15, 0.2) is 0 Å². The maximum Gasteiger partial charge on any atom is 0.257 e. The molecule has 2 heterocycles. The number of carbonyl (C=O) groups is 1. The van der Waals surface area contributed by atoms with Crippen LogP contribution in [0.4, 0.5) is 0 Å². The number of amides is 1. The molecule has 1 atom stereocenters. The quantitative estimate of drug-likeness (QED) is 0.864. The second kappa shape index (κ2) is 6.72. The van der Waals surface area contributed by atoms with Gasteiger partial charge in [-0.05, 0) is 25.0 Å². The van der Waals surface area contributed by atoms with Gasteiger partial charge in [0, 0.05) is 13.7 Å². The van der Waals surface area contributed by atoms with Gasteiger partial charge in [0.05, 0.1) is 40.8 Å². The fraction of sp³-hybridized carbons (Fsp3) is 0.412. The van der Waals surface area contributed by atoms with Crippen molar-refractivity contribution >= 4 is 17.5 Å². The Hall–Kier alpha value is -1.85. The minimum atomic E-state index is -0.0179. The highest BCUT2D eigenvalue weighted by Gasteiger charge is 2.28. The van der Waals surface area contributed by atoms with Crippen LogP contribution in [0.15, 0.2) is 30.5 Å². The van der Waals surface area contributed by atoms with Crippen LogP contribution in [0.3, 0.4) is 0 Å². The van der Waals surface area contributed by atoms with Crippen molar-refractivity contribution in [3.8, 4) is 5.69 Å². The summed E-state index contributed by atoms with van der Waals surface area (Å²) in [6, 6.07) is 7.64. The number of hydrogen-bond donors (Lipinski definition) is 0. The van der Waals surface area contributed by atoms with Crippen LogP contribution in [0.1, 0.15) is 29.4 Å². The van der Waals surface area contributed by atoms with Crippen LogP contribution in [0.5, 0.6) is 0 Å². The monoisotopic (exact) mass is 333 g/mol. The van der Waals surface area contributed by atoms with Gasteiger partial charge in [0.25, 0.3) is 5.91 Å². The molecule has 0 unspecified atom stereocenters. The molecule has 122 valence electrons. The third-order valence-corrected chi connectivity index (χ3v) is 4.61. The van der Waals surface area contributed by atoms with Crippen molar-refractivity contribution in [3.63, 3.8) is 0 Å². The zero-order valence-electron chi connectivity index (χ0n) is 13.3. The molecule has 23 heavy (non-hydrogen) atoms. The molecule has 0 N–H and O–H groups in total. The third-order valence-electron chi connectivity index (χ3n) is 4.29. The number of para-hydroxylation sites is 1. The second-order valence-corrected chi connectivity index (χ2v) is 6.06. The van der Waals surface area contributed by atoms with Gasteiger partial charge < -0.3 is 9.64 Å². The van der Waals surface area contributed by atoms with Gasteiger partial charge in [-0.2, -0.15) is 5.10 Å². The van der Waals surface area contributed by atoms with Crippen LogP contribution in [0.2, 0.25) is 5.02 Å². The summed E-state index contributed by atoms with van der Waals surface area (Å²) in [6.07, 6.45) is 3.21. The molecular weight excluding hydrogens is 314 g/mol. The summed E-state index contributed by atoms with van der Waals surface area (Å²) in [4.78, 5) is 14.6. The molecule has 1 aromatic heterocycles. The predicted molar refractivity (Wildman–Crippen MR) is 89.3 cm³/mol. The third kappa shape index (κ3) is 2.99. The average Bonchev–Trinajstić information content (AvgIpc) is 3.23. The summed E-state index contributed by atoms with van der Waals surface area (Å²) in [7, 11) is 1.83. The Kier molecular flexibility index (Phi) is 4.68. The van der Waals surface area contributed by atoms with Crippen LogP contribution in [0, 0.1) is 0 Å². The molecule has 1 saturated heterocycles. The van der Waals surface area contributed by atoms with Crippen molar-refractivity contribution in [2.75, 3.05) is 20.3 Å². The smallest absolute Gasteiger partial charge is 0.257 e. The number of nitrogens with zero attached hydrogens (tertiary/aromatic N) is 3. The first kappa shape index (κ1) is 16.0. The molecule has 1 amide bonds. The molecule has 0 radical (unpaired) electrons. The highest BCUT2D eigenvalue weighted by atomic mass is 35.5. The maximum absolute atomic E-state index is 12.8. The van der Waals surface area contributed by atoms with Crippen LogP contribution in [-0.4, -0.2) is 46.9 Å². The van der Waals surface area contributed by atoms with E-state index in [0.29, 0.717) is 30.2 Å². The van der Waals surface area contributed by atoms with Crippen molar-refractivity contribution < 1.29 is 9.53 Å². The van der Waals surface area contributed by atoms with Crippen molar-refractivity contribution in [1.29, 1.82) is 0 Å². The Morgan fingerprint density at radius 3 is 2.91 bits per heavy atom. The number of likely N-dealkylation sites (N-methyl/N-ethyl adjacent to an activating group) is 1. The molecule has 1 fully saturated rings. The van der Waals surface area contributed by atoms with Crippen LogP contribution < -0.4 is 0 Å². The van der Waals surface area contributed by atoms with E-state index in [2.05, 4.69) is 5.10 Å². The van der Waals surface area contributed by atoms with E-state index in [-0.39, 0.29) is 11.9 Å². The van der Waals surface area contributed by atoms with Gasteiger partial charge in [-0.1, -0.05) is 30.7 Å². The summed E-state index contributed by atoms with van der Waals surface area (Å²) in [5.74, 6) is -0.0179. The second-order valence-electron chi connectivity index (χ2n) is 5.66. The molecule has 1 aromatic carbocycles. The SMILES string of the molecule is CCc1c(C(=O)N(C)[C@@H]2CCOC2)cnn1-c1ccccc1Cl. The highest BCUT2D eigenvalue weighted by molar-refractivity contribution is 6.32. The zero-order valence-corrected chi connectivity index (χ0v) is 14.1. The lowest BCUT2D eigenvalue weighted by Gasteiger charge is -2.23. The van der Waals surface area contributed by atoms with E-state index < -0.39 is 0 Å². The Labute approximate surface area is 140 Å². The molecular formula is C17H20ClN3O2. The van der Waals surface area contributed by atoms with Gasteiger partial charge in [-0.25, -0.2) is 4.68 Å². The van der Waals surface area contributed by atoms with E-state index in [4.69, 9.17) is 16.3 Å². The molecule has 2 aromatic rings. The van der Waals surface area contributed by atoms with Crippen LogP contribution in [-0.2, 0) is 11.2 Å². The van der Waals surface area contributed by atoms with E-state index in [0.717, 1.165) is 17.8 Å². The first-order chi connectivity index (χ1) is 11.1. The van der Waals surface area contributed by atoms with E-state index in [9.17, 15) is 4.79 Å². The minimum Gasteiger partial charge on any atom is -0.379 e. The van der Waals surface area contributed by atoms with Crippen molar-refractivity contribution in [3.05, 3.63) is 46.7 Å². The summed E-state index contributed by atoms with van der Waals surface area (Å²) in [5.41, 5.74) is 2.28. The fourth-order valence-electron chi connectivity index (χ4n) is 2.91. The van der Waals surface area contributed by atoms with E-state index in [1.165, 1.54) is 0 Å².